The van der Waals surface area contributed by atoms with E-state index in [1.807, 2.05) is 0 Å². The molecule has 116 valence electrons. The van der Waals surface area contributed by atoms with E-state index >= 15 is 0 Å². The zero-order chi connectivity index (χ0) is 15.5. The van der Waals surface area contributed by atoms with Crippen molar-refractivity contribution < 1.29 is 18.3 Å². The van der Waals surface area contributed by atoms with Crippen LogP contribution in [0, 0.1) is 5.82 Å². The minimum atomic E-state index is -0.487. The molecule has 5 nitrogen and oxygen atoms in total. The molecule has 0 bridgehead atoms. The van der Waals surface area contributed by atoms with Gasteiger partial charge in [0.2, 0.25) is 0 Å². The number of furan rings is 1. The molecule has 1 heterocycles. The lowest BCUT2D eigenvalue weighted by Crippen LogP contribution is -2.25. The van der Waals surface area contributed by atoms with Crippen LogP contribution in [-0.2, 0) is 6.54 Å². The van der Waals surface area contributed by atoms with Crippen LogP contribution >= 0.6 is 0 Å². The zero-order valence-electron chi connectivity index (χ0n) is 12.0. The smallest absolute Gasteiger partial charge is 0.258 e. The average Bonchev–Trinajstić information content (AvgIpc) is 2.93. The second-order valence-corrected chi connectivity index (χ2v) is 5.28. The van der Waals surface area contributed by atoms with E-state index in [2.05, 4.69) is 5.32 Å². The number of amides is 1. The minimum absolute atomic E-state index is 0.107. The lowest BCUT2D eigenvalue weighted by atomic mass is 9.96. The van der Waals surface area contributed by atoms with Gasteiger partial charge in [0.15, 0.2) is 11.6 Å². The highest BCUT2D eigenvalue weighted by Gasteiger charge is 2.20. The molecule has 0 aliphatic heterocycles. The van der Waals surface area contributed by atoms with E-state index in [0.29, 0.717) is 17.0 Å². The van der Waals surface area contributed by atoms with E-state index in [1.54, 1.807) is 12.1 Å². The third kappa shape index (κ3) is 3.12. The molecule has 1 fully saturated rings. The van der Waals surface area contributed by atoms with Crippen molar-refractivity contribution in [2.45, 2.75) is 31.9 Å². The number of benzene rings is 1. The summed E-state index contributed by atoms with van der Waals surface area (Å²) in [5.41, 5.74) is 6.12. The van der Waals surface area contributed by atoms with E-state index in [1.165, 1.54) is 18.4 Å². The Morgan fingerprint density at radius 1 is 1.41 bits per heavy atom. The van der Waals surface area contributed by atoms with Crippen LogP contribution in [0.3, 0.4) is 0 Å². The fourth-order valence-electron chi connectivity index (χ4n) is 2.15. The molecule has 0 unspecified atom stereocenters. The number of nitrogens with one attached hydrogen (secondary N) is 1. The largest absolute Gasteiger partial charge is 0.487 e. The summed E-state index contributed by atoms with van der Waals surface area (Å²) in [6.45, 7) is 0.217. The van der Waals surface area contributed by atoms with Crippen molar-refractivity contribution in [2.75, 3.05) is 5.32 Å². The van der Waals surface area contributed by atoms with Crippen LogP contribution in [0.25, 0.3) is 0 Å². The molecule has 1 aliphatic carbocycles. The summed E-state index contributed by atoms with van der Waals surface area (Å²) in [4.78, 5) is 12.0. The third-order valence-electron chi connectivity index (χ3n) is 3.65. The fraction of sp³-hybridized carbons (Fsp3) is 0.312. The molecule has 22 heavy (non-hydrogen) atoms. The Bertz CT molecular complexity index is 680. The number of halogens is 1. The number of anilines is 1. The van der Waals surface area contributed by atoms with Crippen LogP contribution in [0.4, 0.5) is 10.1 Å². The lowest BCUT2D eigenvalue weighted by molar-refractivity contribution is 0.102. The van der Waals surface area contributed by atoms with Crippen molar-refractivity contribution in [3.8, 4) is 5.75 Å². The Balaban J connectivity index is 1.66. The monoisotopic (exact) mass is 304 g/mol. The molecule has 0 saturated heterocycles. The summed E-state index contributed by atoms with van der Waals surface area (Å²) < 4.78 is 24.6. The van der Waals surface area contributed by atoms with Crippen molar-refractivity contribution in [1.29, 1.82) is 0 Å². The Labute approximate surface area is 127 Å². The molecule has 0 spiro atoms. The average molecular weight is 304 g/mol. The molecular formula is C16H17FN2O3. The maximum Gasteiger partial charge on any atom is 0.258 e. The molecule has 1 amide bonds. The number of hydrogen-bond donors (Lipinski definition) is 2. The minimum Gasteiger partial charge on any atom is -0.487 e. The Kier molecular flexibility index (Phi) is 4.11. The molecule has 1 aromatic carbocycles. The van der Waals surface area contributed by atoms with Crippen LogP contribution < -0.4 is 15.8 Å². The highest BCUT2D eigenvalue weighted by atomic mass is 19.1. The highest BCUT2D eigenvalue weighted by molar-refractivity contribution is 6.04. The van der Waals surface area contributed by atoms with E-state index in [-0.39, 0.29) is 24.3 Å². The van der Waals surface area contributed by atoms with Gasteiger partial charge in [0.1, 0.15) is 12.0 Å². The molecule has 1 aromatic heterocycles. The van der Waals surface area contributed by atoms with Crippen molar-refractivity contribution in [1.82, 2.24) is 0 Å². The van der Waals surface area contributed by atoms with Gasteiger partial charge in [0.25, 0.3) is 5.91 Å². The Morgan fingerprint density at radius 2 is 2.23 bits per heavy atom. The summed E-state index contributed by atoms with van der Waals surface area (Å²) >= 11 is 0. The van der Waals surface area contributed by atoms with Crippen LogP contribution in [0.2, 0.25) is 0 Å². The number of nitrogens with two attached hydrogens (primary N) is 1. The van der Waals surface area contributed by atoms with Crippen molar-refractivity contribution in [3.63, 3.8) is 0 Å². The second-order valence-electron chi connectivity index (χ2n) is 5.28. The van der Waals surface area contributed by atoms with Crippen molar-refractivity contribution >= 4 is 11.6 Å². The molecule has 1 saturated carbocycles. The van der Waals surface area contributed by atoms with Gasteiger partial charge in [0.05, 0.1) is 18.2 Å². The van der Waals surface area contributed by atoms with E-state index < -0.39 is 5.82 Å². The molecule has 3 rings (SSSR count). The molecular weight excluding hydrogens is 287 g/mol. The maximum atomic E-state index is 14.0. The van der Waals surface area contributed by atoms with E-state index in [4.69, 9.17) is 14.9 Å². The molecule has 0 radical (unpaired) electrons. The standard InChI is InChI=1S/C16H17FN2O3/c17-14-7-11(4-5-15(14)22-12-2-1-3-12)19-16(20)10-6-13(8-18)21-9-10/h4-7,9,12H,1-3,8,18H2,(H,19,20). The third-order valence-corrected chi connectivity index (χ3v) is 3.65. The van der Waals surface area contributed by atoms with Gasteiger partial charge < -0.3 is 20.2 Å². The number of rotatable bonds is 5. The summed E-state index contributed by atoms with van der Waals surface area (Å²) in [5, 5.41) is 2.61. The van der Waals surface area contributed by atoms with Gasteiger partial charge in [-0.1, -0.05) is 0 Å². The first-order chi connectivity index (χ1) is 10.7. The van der Waals surface area contributed by atoms with Crippen molar-refractivity contribution in [2.24, 2.45) is 5.73 Å². The first-order valence-electron chi connectivity index (χ1n) is 7.21. The summed E-state index contributed by atoms with van der Waals surface area (Å²) in [5.74, 6) is -0.132. The van der Waals surface area contributed by atoms with Gasteiger partial charge in [-0.15, -0.1) is 0 Å². The molecule has 1 aliphatic rings. The van der Waals surface area contributed by atoms with Gasteiger partial charge in [-0.05, 0) is 37.5 Å². The number of carbonyl (C=O) groups is 1. The molecule has 3 N–H and O–H groups in total. The van der Waals surface area contributed by atoms with Crippen LogP contribution in [0.5, 0.6) is 5.75 Å². The SMILES string of the molecule is NCc1cc(C(=O)Nc2ccc(OC3CCC3)c(F)c2)co1. The summed E-state index contributed by atoms with van der Waals surface area (Å²) in [6.07, 6.45) is 4.47. The molecule has 2 aromatic rings. The van der Waals surface area contributed by atoms with E-state index in [0.717, 1.165) is 19.3 Å². The molecule has 6 heteroatoms. The summed E-state index contributed by atoms with van der Waals surface area (Å²) in [7, 11) is 0. The number of ether oxygens (including phenoxy) is 1. The van der Waals surface area contributed by atoms with Crippen LogP contribution in [0.15, 0.2) is 34.9 Å². The first-order valence-corrected chi connectivity index (χ1v) is 7.21. The Morgan fingerprint density at radius 3 is 2.82 bits per heavy atom. The quantitative estimate of drug-likeness (QED) is 0.890. The number of carbonyl (C=O) groups excluding carboxylic acids is 1. The van der Waals surface area contributed by atoms with E-state index in [9.17, 15) is 9.18 Å². The second kappa shape index (κ2) is 6.19. The topological polar surface area (TPSA) is 77.5 Å². The zero-order valence-corrected chi connectivity index (χ0v) is 12.0. The van der Waals surface area contributed by atoms with Gasteiger partial charge in [-0.2, -0.15) is 0 Å². The normalized spacial score (nSPS) is 14.5. The predicted octanol–water partition coefficient (Wildman–Crippen LogP) is 3.06. The lowest BCUT2D eigenvalue weighted by Gasteiger charge is -2.26. The highest BCUT2D eigenvalue weighted by Crippen LogP contribution is 2.28. The van der Waals surface area contributed by atoms with Gasteiger partial charge >= 0.3 is 0 Å². The molecule has 0 atom stereocenters. The Hall–Kier alpha value is -2.34. The van der Waals surface area contributed by atoms with Gasteiger partial charge in [-0.3, -0.25) is 4.79 Å². The summed E-state index contributed by atoms with van der Waals surface area (Å²) in [6, 6.07) is 5.94. The van der Waals surface area contributed by atoms with Crippen LogP contribution in [-0.4, -0.2) is 12.0 Å². The predicted molar refractivity (Wildman–Crippen MR) is 79.2 cm³/mol. The number of hydrogen-bond acceptors (Lipinski definition) is 4. The van der Waals surface area contributed by atoms with Crippen molar-refractivity contribution in [3.05, 3.63) is 47.7 Å². The maximum absolute atomic E-state index is 14.0. The fourth-order valence-corrected chi connectivity index (χ4v) is 2.15. The first kappa shape index (κ1) is 14.6. The van der Waals surface area contributed by atoms with Crippen LogP contribution in [0.1, 0.15) is 35.4 Å². The van der Waals surface area contributed by atoms with Gasteiger partial charge in [-0.25, -0.2) is 4.39 Å². The van der Waals surface area contributed by atoms with Gasteiger partial charge in [0, 0.05) is 11.8 Å².